The SMILES string of the molecule is CC(C(=O)O)c1c[nH]c2cccc(C(F)(F)F)c12. The molecule has 0 fully saturated rings. The molecule has 6 heteroatoms. The Morgan fingerprint density at radius 3 is 2.61 bits per heavy atom. The first-order valence-corrected chi connectivity index (χ1v) is 5.22. The Kier molecular flexibility index (Phi) is 2.80. The Balaban J connectivity index is 2.74. The molecule has 0 amide bonds. The smallest absolute Gasteiger partial charge is 0.417 e. The van der Waals surface area contributed by atoms with Crippen molar-refractivity contribution < 1.29 is 23.1 Å². The maximum absolute atomic E-state index is 12.9. The van der Waals surface area contributed by atoms with Crippen LogP contribution in [0.15, 0.2) is 24.4 Å². The topological polar surface area (TPSA) is 53.1 Å². The van der Waals surface area contributed by atoms with Gasteiger partial charge >= 0.3 is 12.1 Å². The second kappa shape index (κ2) is 4.04. The number of H-pyrrole nitrogens is 1. The number of fused-ring (bicyclic) bond motifs is 1. The summed E-state index contributed by atoms with van der Waals surface area (Å²) >= 11 is 0. The van der Waals surface area contributed by atoms with Gasteiger partial charge in [-0.25, -0.2) is 0 Å². The van der Waals surface area contributed by atoms with Gasteiger partial charge in [0.2, 0.25) is 0 Å². The number of hydrogen-bond acceptors (Lipinski definition) is 1. The van der Waals surface area contributed by atoms with Gasteiger partial charge in [0.25, 0.3) is 0 Å². The quantitative estimate of drug-likeness (QED) is 0.866. The number of benzene rings is 1. The lowest BCUT2D eigenvalue weighted by Gasteiger charge is -2.11. The fourth-order valence-corrected chi connectivity index (χ4v) is 1.92. The van der Waals surface area contributed by atoms with E-state index in [1.54, 1.807) is 0 Å². The van der Waals surface area contributed by atoms with Gasteiger partial charge in [-0.15, -0.1) is 0 Å². The van der Waals surface area contributed by atoms with Crippen LogP contribution in [0, 0.1) is 0 Å². The molecule has 0 aliphatic carbocycles. The molecule has 1 heterocycles. The van der Waals surface area contributed by atoms with Crippen LogP contribution >= 0.6 is 0 Å². The van der Waals surface area contributed by atoms with Gasteiger partial charge in [-0.2, -0.15) is 13.2 Å². The first-order valence-electron chi connectivity index (χ1n) is 5.22. The molecule has 1 unspecified atom stereocenters. The van der Waals surface area contributed by atoms with Crippen LogP contribution in [0.4, 0.5) is 13.2 Å². The zero-order valence-electron chi connectivity index (χ0n) is 9.38. The lowest BCUT2D eigenvalue weighted by molar-refractivity contribution is -0.139. The molecule has 2 aromatic rings. The highest BCUT2D eigenvalue weighted by Crippen LogP contribution is 2.38. The van der Waals surface area contributed by atoms with Gasteiger partial charge in [0, 0.05) is 17.1 Å². The lowest BCUT2D eigenvalue weighted by atomic mass is 9.97. The molecule has 1 atom stereocenters. The average molecular weight is 257 g/mol. The second-order valence-electron chi connectivity index (χ2n) is 4.03. The monoisotopic (exact) mass is 257 g/mol. The minimum Gasteiger partial charge on any atom is -0.481 e. The van der Waals surface area contributed by atoms with Crippen molar-refractivity contribution in [3.05, 3.63) is 35.5 Å². The third kappa shape index (κ3) is 1.94. The second-order valence-corrected chi connectivity index (χ2v) is 4.03. The number of hydrogen-bond donors (Lipinski definition) is 2. The highest BCUT2D eigenvalue weighted by molar-refractivity contribution is 5.91. The minimum absolute atomic E-state index is 0.0695. The van der Waals surface area contributed by atoms with Crippen molar-refractivity contribution in [3.8, 4) is 0 Å². The van der Waals surface area contributed by atoms with Crippen LogP contribution in [0.1, 0.15) is 24.0 Å². The van der Waals surface area contributed by atoms with Gasteiger partial charge in [-0.05, 0) is 24.6 Å². The maximum Gasteiger partial charge on any atom is 0.417 e. The molecule has 2 rings (SSSR count). The van der Waals surface area contributed by atoms with E-state index in [1.165, 1.54) is 25.3 Å². The molecular formula is C12H10F3NO2. The summed E-state index contributed by atoms with van der Waals surface area (Å²) in [4.78, 5) is 13.6. The highest BCUT2D eigenvalue weighted by atomic mass is 19.4. The fraction of sp³-hybridized carbons (Fsp3) is 0.250. The largest absolute Gasteiger partial charge is 0.481 e. The van der Waals surface area contributed by atoms with E-state index in [4.69, 9.17) is 5.11 Å². The predicted molar refractivity (Wildman–Crippen MR) is 59.4 cm³/mol. The van der Waals surface area contributed by atoms with E-state index in [9.17, 15) is 18.0 Å². The van der Waals surface area contributed by atoms with Crippen molar-refractivity contribution in [2.24, 2.45) is 0 Å². The molecule has 96 valence electrons. The van der Waals surface area contributed by atoms with Gasteiger partial charge in [0.1, 0.15) is 0 Å². The van der Waals surface area contributed by atoms with E-state index in [-0.39, 0.29) is 16.5 Å². The highest BCUT2D eigenvalue weighted by Gasteiger charge is 2.34. The Morgan fingerprint density at radius 2 is 2.06 bits per heavy atom. The third-order valence-corrected chi connectivity index (χ3v) is 2.88. The number of carboxylic acids is 1. The summed E-state index contributed by atoms with van der Waals surface area (Å²) in [6, 6.07) is 3.73. The average Bonchev–Trinajstić information content (AvgIpc) is 2.69. The molecule has 0 spiro atoms. The summed E-state index contributed by atoms with van der Waals surface area (Å²) < 4.78 is 38.6. The van der Waals surface area contributed by atoms with E-state index in [1.807, 2.05) is 0 Å². The summed E-state index contributed by atoms with van der Waals surface area (Å²) in [6.45, 7) is 1.36. The van der Waals surface area contributed by atoms with Crippen molar-refractivity contribution in [3.63, 3.8) is 0 Å². The molecule has 18 heavy (non-hydrogen) atoms. The van der Waals surface area contributed by atoms with E-state index < -0.39 is 23.6 Å². The number of carboxylic acid groups (broad SMARTS) is 1. The number of halogens is 3. The molecule has 0 saturated heterocycles. The Bertz CT molecular complexity index is 601. The van der Waals surface area contributed by atoms with Crippen LogP contribution in [0.5, 0.6) is 0 Å². The molecule has 0 bridgehead atoms. The zero-order chi connectivity index (χ0) is 13.5. The summed E-state index contributed by atoms with van der Waals surface area (Å²) in [6.07, 6.45) is -3.19. The molecule has 0 aliphatic rings. The Hall–Kier alpha value is -1.98. The van der Waals surface area contributed by atoms with Gasteiger partial charge in [0.05, 0.1) is 11.5 Å². The van der Waals surface area contributed by atoms with Gasteiger partial charge in [-0.3, -0.25) is 4.79 Å². The standard InChI is InChI=1S/C12H10F3NO2/c1-6(11(17)18)7-5-16-9-4-2-3-8(10(7)9)12(13,14)15/h2-6,16H,1H3,(H,17,18). The van der Waals surface area contributed by atoms with Crippen LogP contribution in [-0.2, 0) is 11.0 Å². The summed E-state index contributed by atoms with van der Waals surface area (Å²) in [5.41, 5.74) is -0.386. The van der Waals surface area contributed by atoms with E-state index >= 15 is 0 Å². The van der Waals surface area contributed by atoms with Crippen LogP contribution in [0.3, 0.4) is 0 Å². The third-order valence-electron chi connectivity index (χ3n) is 2.88. The molecule has 1 aromatic heterocycles. The number of aliphatic carboxylic acids is 1. The van der Waals surface area contributed by atoms with Gasteiger partial charge in [-0.1, -0.05) is 6.07 Å². The number of rotatable bonds is 2. The van der Waals surface area contributed by atoms with Crippen molar-refractivity contribution >= 4 is 16.9 Å². The van der Waals surface area contributed by atoms with E-state index in [2.05, 4.69) is 4.98 Å². The predicted octanol–water partition coefficient (Wildman–Crippen LogP) is 3.37. The van der Waals surface area contributed by atoms with Crippen molar-refractivity contribution in [2.75, 3.05) is 0 Å². The first-order chi connectivity index (χ1) is 8.32. The van der Waals surface area contributed by atoms with Crippen LogP contribution in [0.25, 0.3) is 10.9 Å². The van der Waals surface area contributed by atoms with Crippen LogP contribution in [-0.4, -0.2) is 16.1 Å². The van der Waals surface area contributed by atoms with Gasteiger partial charge < -0.3 is 10.1 Å². The number of aromatic amines is 1. The van der Waals surface area contributed by atoms with Crippen molar-refractivity contribution in [2.45, 2.75) is 19.0 Å². The molecule has 0 radical (unpaired) electrons. The molecule has 0 aliphatic heterocycles. The van der Waals surface area contributed by atoms with E-state index in [0.717, 1.165) is 6.07 Å². The van der Waals surface area contributed by atoms with Crippen molar-refractivity contribution in [1.82, 2.24) is 4.98 Å². The molecule has 3 nitrogen and oxygen atoms in total. The summed E-state index contributed by atoms with van der Waals surface area (Å²) in [7, 11) is 0. The minimum atomic E-state index is -4.51. The zero-order valence-corrected chi connectivity index (χ0v) is 9.38. The van der Waals surface area contributed by atoms with E-state index in [0.29, 0.717) is 0 Å². The maximum atomic E-state index is 12.9. The van der Waals surface area contributed by atoms with Crippen LogP contribution in [0.2, 0.25) is 0 Å². The fourth-order valence-electron chi connectivity index (χ4n) is 1.92. The summed E-state index contributed by atoms with van der Waals surface area (Å²) in [5, 5.41) is 8.84. The lowest BCUT2D eigenvalue weighted by Crippen LogP contribution is -2.10. The number of aromatic nitrogens is 1. The summed E-state index contributed by atoms with van der Waals surface area (Å²) in [5.74, 6) is -2.16. The molecular weight excluding hydrogens is 247 g/mol. The Labute approximate surface area is 100 Å². The number of nitrogens with one attached hydrogen (secondary N) is 1. The molecule has 2 N–H and O–H groups in total. The normalized spacial score (nSPS) is 13.8. The van der Waals surface area contributed by atoms with Crippen molar-refractivity contribution in [1.29, 1.82) is 0 Å². The van der Waals surface area contributed by atoms with Crippen LogP contribution < -0.4 is 0 Å². The van der Waals surface area contributed by atoms with Gasteiger partial charge in [0.15, 0.2) is 0 Å². The Morgan fingerprint density at radius 1 is 1.39 bits per heavy atom. The number of alkyl halides is 3. The first kappa shape index (κ1) is 12.5. The number of carbonyl (C=O) groups is 1. The molecule has 0 saturated carbocycles. The molecule has 1 aromatic carbocycles.